The summed E-state index contributed by atoms with van der Waals surface area (Å²) in [6.07, 6.45) is 3.10. The van der Waals surface area contributed by atoms with E-state index in [0.717, 1.165) is 12.8 Å². The molecule has 0 rings (SSSR count). The molecule has 4 heteroatoms. The van der Waals surface area contributed by atoms with E-state index in [1.165, 1.54) is 13.4 Å². The monoisotopic (exact) mass is 216 g/mol. The van der Waals surface area contributed by atoms with Crippen molar-refractivity contribution in [3.05, 3.63) is 11.8 Å². The normalized spacial score (nSPS) is 11.3. The molecule has 88 valence electrons. The van der Waals surface area contributed by atoms with Gasteiger partial charge in [-0.1, -0.05) is 13.8 Å². The standard InChI is InChI=1S/C11H20O4/c1-4-6-14-9-10(8-13-3)11(12)15-7-5-2/h8H,4-7,9H2,1-3H3/b10-8+. The number of carbonyl (C=O) groups excluding carboxylic acids is 1. The SMILES string of the molecule is CCCOC/C(=C\OC)C(=O)OCCC. The first-order valence-electron chi connectivity index (χ1n) is 5.22. The lowest BCUT2D eigenvalue weighted by Crippen LogP contribution is -2.14. The Hall–Kier alpha value is -1.03. The smallest absolute Gasteiger partial charge is 0.339 e. The van der Waals surface area contributed by atoms with Crippen LogP contribution in [0.3, 0.4) is 0 Å². The van der Waals surface area contributed by atoms with Crippen LogP contribution in [-0.2, 0) is 19.0 Å². The van der Waals surface area contributed by atoms with Crippen molar-refractivity contribution in [1.29, 1.82) is 0 Å². The maximum atomic E-state index is 11.4. The molecule has 0 amide bonds. The first-order chi connectivity index (χ1) is 7.26. The highest BCUT2D eigenvalue weighted by Crippen LogP contribution is 2.01. The summed E-state index contributed by atoms with van der Waals surface area (Å²) in [6.45, 7) is 5.25. The van der Waals surface area contributed by atoms with Crippen molar-refractivity contribution in [1.82, 2.24) is 0 Å². The summed E-state index contributed by atoms with van der Waals surface area (Å²) in [5.41, 5.74) is 0.416. The summed E-state index contributed by atoms with van der Waals surface area (Å²) in [7, 11) is 1.49. The van der Waals surface area contributed by atoms with Crippen molar-refractivity contribution in [2.75, 3.05) is 26.9 Å². The molecule has 0 aliphatic heterocycles. The Kier molecular flexibility index (Phi) is 8.87. The Morgan fingerprint density at radius 3 is 2.40 bits per heavy atom. The van der Waals surface area contributed by atoms with Gasteiger partial charge in [-0.2, -0.15) is 0 Å². The van der Waals surface area contributed by atoms with Crippen LogP contribution in [0.1, 0.15) is 26.7 Å². The highest BCUT2D eigenvalue weighted by Gasteiger charge is 2.11. The third kappa shape index (κ3) is 6.96. The number of esters is 1. The number of hydrogen-bond acceptors (Lipinski definition) is 4. The molecule has 0 aliphatic rings. The van der Waals surface area contributed by atoms with Gasteiger partial charge in [-0.3, -0.25) is 0 Å². The first-order valence-corrected chi connectivity index (χ1v) is 5.22. The average Bonchev–Trinajstić information content (AvgIpc) is 2.25. The van der Waals surface area contributed by atoms with Gasteiger partial charge in [-0.15, -0.1) is 0 Å². The van der Waals surface area contributed by atoms with E-state index < -0.39 is 0 Å². The molecule has 0 saturated heterocycles. The molecule has 0 aromatic heterocycles. The van der Waals surface area contributed by atoms with E-state index >= 15 is 0 Å². The minimum absolute atomic E-state index is 0.240. The van der Waals surface area contributed by atoms with Gasteiger partial charge in [-0.25, -0.2) is 4.79 Å². The van der Waals surface area contributed by atoms with E-state index in [2.05, 4.69) is 0 Å². The summed E-state index contributed by atoms with van der Waals surface area (Å²) in [4.78, 5) is 11.4. The molecule has 0 aromatic carbocycles. The van der Waals surface area contributed by atoms with E-state index in [1.54, 1.807) is 0 Å². The number of carbonyl (C=O) groups is 1. The Balaban J connectivity index is 4.02. The quantitative estimate of drug-likeness (QED) is 0.269. The van der Waals surface area contributed by atoms with Crippen molar-refractivity contribution in [3.8, 4) is 0 Å². The largest absolute Gasteiger partial charge is 0.504 e. The Bertz CT molecular complexity index is 199. The fourth-order valence-corrected chi connectivity index (χ4v) is 0.897. The first kappa shape index (κ1) is 14.0. The van der Waals surface area contributed by atoms with Gasteiger partial charge >= 0.3 is 5.97 Å². The maximum Gasteiger partial charge on any atom is 0.339 e. The van der Waals surface area contributed by atoms with Crippen molar-refractivity contribution in [2.45, 2.75) is 26.7 Å². The van der Waals surface area contributed by atoms with Crippen molar-refractivity contribution in [2.24, 2.45) is 0 Å². The molecular weight excluding hydrogens is 196 g/mol. The molecule has 0 heterocycles. The second-order valence-corrected chi connectivity index (χ2v) is 3.07. The van der Waals surface area contributed by atoms with E-state index in [9.17, 15) is 4.79 Å². The summed E-state index contributed by atoms with van der Waals surface area (Å²) in [6, 6.07) is 0. The van der Waals surface area contributed by atoms with Crippen LogP contribution in [0.4, 0.5) is 0 Å². The van der Waals surface area contributed by atoms with Crippen LogP contribution < -0.4 is 0 Å². The summed E-state index contributed by atoms with van der Waals surface area (Å²) < 4.78 is 15.0. The average molecular weight is 216 g/mol. The predicted octanol–water partition coefficient (Wildman–Crippen LogP) is 1.90. The zero-order valence-electron chi connectivity index (χ0n) is 9.75. The van der Waals surface area contributed by atoms with Crippen LogP contribution in [0.15, 0.2) is 11.8 Å². The fraction of sp³-hybridized carbons (Fsp3) is 0.727. The summed E-state index contributed by atoms with van der Waals surface area (Å²) in [5.74, 6) is -0.366. The predicted molar refractivity (Wildman–Crippen MR) is 57.5 cm³/mol. The van der Waals surface area contributed by atoms with Crippen molar-refractivity contribution >= 4 is 5.97 Å². The zero-order chi connectivity index (χ0) is 11.5. The maximum absolute atomic E-state index is 11.4. The number of ether oxygens (including phenoxy) is 3. The van der Waals surface area contributed by atoms with Gasteiger partial charge in [0.1, 0.15) is 0 Å². The van der Waals surface area contributed by atoms with Crippen LogP contribution in [0.2, 0.25) is 0 Å². The number of methoxy groups -OCH3 is 1. The van der Waals surface area contributed by atoms with Gasteiger partial charge in [0, 0.05) is 6.61 Å². The van der Waals surface area contributed by atoms with Crippen LogP contribution in [0.5, 0.6) is 0 Å². The van der Waals surface area contributed by atoms with Gasteiger partial charge in [0.2, 0.25) is 0 Å². The Labute approximate surface area is 91.2 Å². The second kappa shape index (κ2) is 9.52. The molecule has 15 heavy (non-hydrogen) atoms. The zero-order valence-corrected chi connectivity index (χ0v) is 9.75. The minimum Gasteiger partial charge on any atom is -0.504 e. The lowest BCUT2D eigenvalue weighted by molar-refractivity contribution is -0.139. The molecular formula is C11H20O4. The van der Waals surface area contributed by atoms with E-state index in [-0.39, 0.29) is 12.6 Å². The highest BCUT2D eigenvalue weighted by atomic mass is 16.5. The molecule has 0 bridgehead atoms. The molecule has 0 saturated carbocycles. The molecule has 0 spiro atoms. The molecule has 0 unspecified atom stereocenters. The molecule has 4 nitrogen and oxygen atoms in total. The Morgan fingerprint density at radius 2 is 1.87 bits per heavy atom. The van der Waals surface area contributed by atoms with Gasteiger partial charge in [0.05, 0.1) is 32.2 Å². The van der Waals surface area contributed by atoms with Crippen LogP contribution in [0, 0.1) is 0 Å². The van der Waals surface area contributed by atoms with Gasteiger partial charge < -0.3 is 14.2 Å². The topological polar surface area (TPSA) is 44.8 Å². The van der Waals surface area contributed by atoms with E-state index in [4.69, 9.17) is 14.2 Å². The molecule has 0 radical (unpaired) electrons. The van der Waals surface area contributed by atoms with Gasteiger partial charge in [-0.05, 0) is 12.8 Å². The Morgan fingerprint density at radius 1 is 1.20 bits per heavy atom. The fourth-order valence-electron chi connectivity index (χ4n) is 0.897. The molecule has 0 atom stereocenters. The van der Waals surface area contributed by atoms with Crippen LogP contribution in [0.25, 0.3) is 0 Å². The third-order valence-corrected chi connectivity index (χ3v) is 1.57. The summed E-state index contributed by atoms with van der Waals surface area (Å²) >= 11 is 0. The van der Waals surface area contributed by atoms with Crippen LogP contribution in [-0.4, -0.2) is 32.9 Å². The van der Waals surface area contributed by atoms with E-state index in [0.29, 0.717) is 18.8 Å². The molecule has 0 aromatic rings. The van der Waals surface area contributed by atoms with Gasteiger partial charge in [0.25, 0.3) is 0 Å². The molecule has 0 N–H and O–H groups in total. The van der Waals surface area contributed by atoms with Gasteiger partial charge in [0.15, 0.2) is 0 Å². The molecule has 0 aliphatic carbocycles. The lowest BCUT2D eigenvalue weighted by Gasteiger charge is -2.07. The molecule has 0 fully saturated rings. The highest BCUT2D eigenvalue weighted by molar-refractivity contribution is 5.88. The lowest BCUT2D eigenvalue weighted by atomic mass is 10.3. The minimum atomic E-state index is -0.366. The third-order valence-electron chi connectivity index (χ3n) is 1.57. The second-order valence-electron chi connectivity index (χ2n) is 3.07. The number of hydrogen-bond donors (Lipinski definition) is 0. The van der Waals surface area contributed by atoms with Crippen molar-refractivity contribution < 1.29 is 19.0 Å². The van der Waals surface area contributed by atoms with Crippen LogP contribution >= 0.6 is 0 Å². The van der Waals surface area contributed by atoms with E-state index in [1.807, 2.05) is 13.8 Å². The van der Waals surface area contributed by atoms with Crippen molar-refractivity contribution in [3.63, 3.8) is 0 Å². The summed E-state index contributed by atoms with van der Waals surface area (Å²) in [5, 5.41) is 0. The number of rotatable bonds is 8.